The van der Waals surface area contributed by atoms with Crippen LogP contribution in [-0.2, 0) is 38.6 Å². The van der Waals surface area contributed by atoms with E-state index in [9.17, 15) is 27.9 Å². The maximum atomic E-state index is 16.5. The van der Waals surface area contributed by atoms with Gasteiger partial charge in [0.15, 0.2) is 5.82 Å². The van der Waals surface area contributed by atoms with Gasteiger partial charge >= 0.3 is 6.03 Å². The molecule has 7 heterocycles. The van der Waals surface area contributed by atoms with Crippen molar-refractivity contribution in [2.24, 2.45) is 23.9 Å². The number of carbonyl (C=O) groups excluding carboxylic acids is 3. The molecule has 16 nitrogen and oxygen atoms in total. The van der Waals surface area contributed by atoms with Crippen molar-refractivity contribution >= 4 is 74.3 Å². The van der Waals surface area contributed by atoms with E-state index in [4.69, 9.17) is 4.98 Å². The number of aromatic nitrogens is 4. The van der Waals surface area contributed by atoms with Crippen LogP contribution in [0.4, 0.5) is 26.8 Å². The van der Waals surface area contributed by atoms with Gasteiger partial charge in [0.1, 0.15) is 11.6 Å². The fourth-order valence-electron chi connectivity index (χ4n) is 11.0. The number of aliphatic hydroxyl groups excluding tert-OH is 1. The van der Waals surface area contributed by atoms with Crippen molar-refractivity contribution < 1.29 is 32.3 Å². The van der Waals surface area contributed by atoms with Gasteiger partial charge in [-0.3, -0.25) is 34.3 Å². The number of rotatable bonds is 11. The molecule has 1 spiro atoms. The number of nitrogens with zero attached hydrogens (tertiary/aromatic N) is 9. The summed E-state index contributed by atoms with van der Waals surface area (Å²) in [7, 11) is -2.12. The van der Waals surface area contributed by atoms with Crippen LogP contribution in [0.3, 0.4) is 0 Å². The van der Waals surface area contributed by atoms with Crippen molar-refractivity contribution in [2.45, 2.75) is 98.3 Å². The lowest BCUT2D eigenvalue weighted by atomic mass is 9.87. The number of fused-ring (bicyclic) bond motifs is 3. The third-order valence-electron chi connectivity index (χ3n) is 15.1. The van der Waals surface area contributed by atoms with Crippen molar-refractivity contribution in [1.29, 1.82) is 0 Å². The molecule has 5 fully saturated rings. The molecule has 2 N–H and O–H groups in total. The van der Waals surface area contributed by atoms with Crippen molar-refractivity contribution in [1.82, 2.24) is 34.3 Å². The predicted molar refractivity (Wildman–Crippen MR) is 253 cm³/mol. The Bertz CT molecular complexity index is 2840. The van der Waals surface area contributed by atoms with Crippen LogP contribution in [0.25, 0.3) is 10.9 Å². The summed E-state index contributed by atoms with van der Waals surface area (Å²) in [5.41, 5.74) is 3.74. The summed E-state index contributed by atoms with van der Waals surface area (Å²) < 4.78 is 48.5. The number of nitrogens with one attached hydrogen (secondary N) is 1. The number of anilines is 2. The first-order chi connectivity index (χ1) is 32.3. The minimum absolute atomic E-state index is 0.0290. The molecule has 0 bridgehead atoms. The summed E-state index contributed by atoms with van der Waals surface area (Å²) in [6.07, 6.45) is 9.92. The summed E-state index contributed by atoms with van der Waals surface area (Å²) in [5.74, 6) is 1.10. The number of likely N-dealkylation sites (tertiary alicyclic amines) is 1. The van der Waals surface area contributed by atoms with Gasteiger partial charge in [-0.2, -0.15) is 26.1 Å². The molecule has 2 aromatic heterocycles. The molecule has 19 heteroatoms. The number of carbonyl (C=O) groups is 3. The Morgan fingerprint density at radius 2 is 1.84 bits per heavy atom. The topological polar surface area (TPSA) is 187 Å². The Labute approximate surface area is 393 Å². The number of aryl methyl sites for hydroxylation is 1. The molecule has 4 atom stereocenters. The molecule has 11 rings (SSSR count). The molecule has 4 amide bonds. The third kappa shape index (κ3) is 8.48. The van der Waals surface area contributed by atoms with Crippen molar-refractivity contribution in [3.8, 4) is 0 Å². The van der Waals surface area contributed by atoms with Gasteiger partial charge in [0, 0.05) is 86.5 Å². The average Bonchev–Trinajstić information content (AvgIpc) is 4.26. The number of allylic oxidation sites excluding steroid dienone is 1. The number of urea groups is 1. The van der Waals surface area contributed by atoms with E-state index in [1.807, 2.05) is 19.2 Å². The second-order valence-corrected chi connectivity index (χ2v) is 22.6. The zero-order valence-corrected chi connectivity index (χ0v) is 39.2. The van der Waals surface area contributed by atoms with Gasteiger partial charge in [0.25, 0.3) is 5.95 Å². The highest BCUT2D eigenvalue weighted by atomic mass is 32.2. The maximum absolute atomic E-state index is 16.5. The largest absolute Gasteiger partial charge is 0.393 e. The van der Waals surface area contributed by atoms with Crippen LogP contribution in [0.15, 0.2) is 69.9 Å². The van der Waals surface area contributed by atoms with Crippen molar-refractivity contribution in [3.63, 3.8) is 0 Å². The van der Waals surface area contributed by atoms with E-state index in [-0.39, 0.29) is 78.2 Å². The zero-order chi connectivity index (χ0) is 46.2. The lowest BCUT2D eigenvalue weighted by Crippen LogP contribution is -2.49. The summed E-state index contributed by atoms with van der Waals surface area (Å²) >= 11 is 1.60. The molecule has 2 aliphatic carbocycles. The molecule has 7 aliphatic rings. The number of hydrogen-bond donors (Lipinski definition) is 2. The number of halogens is 1. The van der Waals surface area contributed by atoms with Crippen LogP contribution in [0, 0.1) is 11.8 Å². The molecule has 2 aromatic carbocycles. The zero-order valence-electron chi connectivity index (χ0n) is 37.5. The highest BCUT2D eigenvalue weighted by Crippen LogP contribution is 2.57. The van der Waals surface area contributed by atoms with E-state index < -0.39 is 27.4 Å². The summed E-state index contributed by atoms with van der Waals surface area (Å²) in [5, 5.41) is 18.1. The first-order valence-electron chi connectivity index (χ1n) is 23.7. The van der Waals surface area contributed by atoms with Crippen LogP contribution in [0.1, 0.15) is 86.8 Å². The Morgan fingerprint density at radius 3 is 2.60 bits per heavy atom. The maximum Gasteiger partial charge on any atom is 0.329 e. The molecule has 2 saturated carbocycles. The van der Waals surface area contributed by atoms with E-state index in [1.54, 1.807) is 45.7 Å². The number of imide groups is 1. The lowest BCUT2D eigenvalue weighted by Gasteiger charge is -2.32. The number of piperidine rings is 1. The first kappa shape index (κ1) is 44.4. The minimum Gasteiger partial charge on any atom is -0.393 e. The van der Waals surface area contributed by atoms with Crippen molar-refractivity contribution in [3.05, 3.63) is 76.8 Å². The number of sulfonamides is 1. The quantitative estimate of drug-likeness (QED) is 0.135. The van der Waals surface area contributed by atoms with E-state index in [0.717, 1.165) is 85.8 Å². The Morgan fingerprint density at radius 1 is 1.01 bits per heavy atom. The van der Waals surface area contributed by atoms with Gasteiger partial charge in [0.2, 0.25) is 21.8 Å². The molecular weight excluding hydrogens is 896 g/mol. The average molecular weight is 951 g/mol. The molecule has 352 valence electrons. The SMILES string of the molecule is Cn1nc(N2CCC(=O)NC2=O)c2ccc(C3CCN(Cc4cccc(S(=O)(=O)N5CCC(/C=N/c6ncc7c(n6)N(CC6CCC[C@@H](O)C6)C(=O)C76CC6)C(F)=C(C6CS6)C5)c4)CC3)cc21. The second kappa shape index (κ2) is 17.5. The van der Waals surface area contributed by atoms with E-state index in [0.29, 0.717) is 42.6 Å². The second-order valence-electron chi connectivity index (χ2n) is 19.5. The van der Waals surface area contributed by atoms with Crippen LogP contribution in [0.5, 0.6) is 0 Å². The van der Waals surface area contributed by atoms with Gasteiger partial charge < -0.3 is 5.11 Å². The molecule has 67 heavy (non-hydrogen) atoms. The molecule has 3 saturated heterocycles. The van der Waals surface area contributed by atoms with Gasteiger partial charge in [-0.1, -0.05) is 24.6 Å². The Balaban J connectivity index is 0.744. The molecule has 5 aliphatic heterocycles. The highest BCUT2D eigenvalue weighted by molar-refractivity contribution is 8.07. The number of aliphatic hydroxyl groups is 1. The van der Waals surface area contributed by atoms with Crippen LogP contribution < -0.4 is 15.1 Å². The normalized spacial score (nSPS) is 26.2. The van der Waals surface area contributed by atoms with E-state index in [2.05, 4.69) is 37.4 Å². The van der Waals surface area contributed by atoms with Crippen molar-refractivity contribution in [2.75, 3.05) is 54.8 Å². The van der Waals surface area contributed by atoms with Crippen LogP contribution in [-0.4, -0.2) is 123 Å². The highest BCUT2D eigenvalue weighted by Gasteiger charge is 2.60. The molecule has 0 radical (unpaired) electrons. The summed E-state index contributed by atoms with van der Waals surface area (Å²) in [4.78, 5) is 57.6. The fourth-order valence-corrected chi connectivity index (χ4v) is 13.2. The molecule has 4 aromatic rings. The number of thioether (sulfide) groups is 1. The number of hydrogen-bond acceptors (Lipinski definition) is 12. The fraction of sp³-hybridized carbons (Fsp3) is 0.521. The van der Waals surface area contributed by atoms with Gasteiger partial charge in [-0.15, -0.1) is 0 Å². The number of aliphatic imine (C=N–C) groups is 1. The monoisotopic (exact) mass is 950 g/mol. The van der Waals surface area contributed by atoms with Crippen LogP contribution in [0.2, 0.25) is 0 Å². The third-order valence-corrected chi connectivity index (χ3v) is 17.8. The van der Waals surface area contributed by atoms with Gasteiger partial charge in [-0.25, -0.2) is 27.6 Å². The van der Waals surface area contributed by atoms with E-state index >= 15 is 4.39 Å². The number of benzene rings is 2. The first-order valence-corrected chi connectivity index (χ1v) is 26.1. The van der Waals surface area contributed by atoms with E-state index in [1.165, 1.54) is 21.0 Å². The predicted octanol–water partition coefficient (Wildman–Crippen LogP) is 5.87. The van der Waals surface area contributed by atoms with Crippen LogP contribution >= 0.6 is 11.8 Å². The Hall–Kier alpha value is -5.08. The lowest BCUT2D eigenvalue weighted by molar-refractivity contribution is -0.121. The molecular formula is C48H55FN10O6S2. The summed E-state index contributed by atoms with van der Waals surface area (Å²) in [6, 6.07) is 12.9. The number of amides is 4. The Kier molecular flexibility index (Phi) is 11.6. The molecule has 3 unspecified atom stereocenters. The standard InChI is InChI=1S/C48H55FN10O6S2/c1-55-39-22-32(8-9-36(39)43(54-55)58-19-13-41(61)52-47(58)63)31-10-16-56(17-11-31)25-30-5-3-7-35(21-30)67(64,65)57-18-12-33(42(49)37(27-57)40-28-66-40)23-50-46-51-24-38-44(53-46)59(45(62)48(38)14-15-48)26-29-4-2-6-34(60)20-29/h3,5,7-9,21-24,29,31,33-34,40,60H,2,4,6,10-20,25-28H2,1H3,(H,52,61,63)/b50-23+/t29?,33?,34-,40?/m1/s1. The van der Waals surface area contributed by atoms with Gasteiger partial charge in [-0.05, 0) is 117 Å². The summed E-state index contributed by atoms with van der Waals surface area (Å²) in [6.45, 7) is 3.11. The smallest absolute Gasteiger partial charge is 0.329 e. The van der Waals surface area contributed by atoms with Gasteiger partial charge in [0.05, 0.1) is 21.9 Å². The minimum atomic E-state index is -3.98.